The first-order valence-corrected chi connectivity index (χ1v) is 9.17. The van der Waals surface area contributed by atoms with Crippen LogP contribution in [-0.2, 0) is 20.8 Å². The molecule has 0 unspecified atom stereocenters. The molecule has 7 nitrogen and oxygen atoms in total. The van der Waals surface area contributed by atoms with Gasteiger partial charge in [-0.15, -0.1) is 0 Å². The Morgan fingerprint density at radius 2 is 1.69 bits per heavy atom. The van der Waals surface area contributed by atoms with Gasteiger partial charge in [0.05, 0.1) is 6.04 Å². The fourth-order valence-corrected chi connectivity index (χ4v) is 2.55. The van der Waals surface area contributed by atoms with Gasteiger partial charge in [-0.2, -0.15) is 12.6 Å². The summed E-state index contributed by atoms with van der Waals surface area (Å²) in [5.74, 6) is -2.22. The molecule has 26 heavy (non-hydrogen) atoms. The third kappa shape index (κ3) is 6.68. The van der Waals surface area contributed by atoms with E-state index in [1.807, 2.05) is 19.9 Å². The SMILES string of the molecule is CC[C@H](C)[C@H](N)C(=O)N[C@@H](CS)C(=O)N[C@@H](Cc1ccccc1)C(=O)O. The van der Waals surface area contributed by atoms with Crippen LogP contribution in [0.5, 0.6) is 0 Å². The molecule has 0 heterocycles. The lowest BCUT2D eigenvalue weighted by Gasteiger charge is -2.23. The zero-order valence-corrected chi connectivity index (χ0v) is 15.9. The van der Waals surface area contributed by atoms with Crippen molar-refractivity contribution in [2.24, 2.45) is 11.7 Å². The molecule has 1 rings (SSSR count). The zero-order chi connectivity index (χ0) is 19.7. The Bertz CT molecular complexity index is 612. The standard InChI is InChI=1S/C18H27N3O4S/c1-3-11(2)15(19)17(23)21-14(10-26)16(22)20-13(18(24)25)9-12-7-5-4-6-8-12/h4-8,11,13-15,26H,3,9-10,19H2,1-2H3,(H,20,22)(H,21,23)(H,24,25)/t11-,13-,14-,15-/m0/s1. The number of carboxylic acid groups (broad SMARTS) is 1. The number of carbonyl (C=O) groups is 3. The molecule has 2 amide bonds. The largest absolute Gasteiger partial charge is 0.480 e. The van der Waals surface area contributed by atoms with Gasteiger partial charge in [0.1, 0.15) is 12.1 Å². The van der Waals surface area contributed by atoms with Crippen molar-refractivity contribution in [3.05, 3.63) is 35.9 Å². The summed E-state index contributed by atoms with van der Waals surface area (Å²) in [5.41, 5.74) is 6.65. The normalized spacial score (nSPS) is 15.4. The third-order valence-corrected chi connectivity index (χ3v) is 4.64. The number of carboxylic acids is 1. The molecule has 0 aromatic heterocycles. The van der Waals surface area contributed by atoms with Crippen molar-refractivity contribution in [1.82, 2.24) is 10.6 Å². The van der Waals surface area contributed by atoms with E-state index in [2.05, 4.69) is 23.3 Å². The van der Waals surface area contributed by atoms with Crippen molar-refractivity contribution in [2.75, 3.05) is 5.75 Å². The number of rotatable bonds is 10. The number of hydrogen-bond donors (Lipinski definition) is 5. The Labute approximate surface area is 159 Å². The molecule has 8 heteroatoms. The number of nitrogens with one attached hydrogen (secondary N) is 2. The van der Waals surface area contributed by atoms with Crippen LogP contribution in [0.3, 0.4) is 0 Å². The van der Waals surface area contributed by atoms with E-state index in [1.165, 1.54) is 0 Å². The second-order valence-corrected chi connectivity index (χ2v) is 6.61. The average Bonchev–Trinajstić information content (AvgIpc) is 2.64. The molecule has 4 atom stereocenters. The fraction of sp³-hybridized carbons (Fsp3) is 0.500. The van der Waals surface area contributed by atoms with Gasteiger partial charge in [0.25, 0.3) is 0 Å². The second kappa shape index (κ2) is 10.8. The van der Waals surface area contributed by atoms with E-state index in [9.17, 15) is 19.5 Å². The van der Waals surface area contributed by atoms with Gasteiger partial charge in [-0.25, -0.2) is 4.79 Å². The van der Waals surface area contributed by atoms with Gasteiger partial charge in [-0.05, 0) is 11.5 Å². The number of benzene rings is 1. The summed E-state index contributed by atoms with van der Waals surface area (Å²) < 4.78 is 0. The van der Waals surface area contributed by atoms with Crippen LogP contribution in [0.2, 0.25) is 0 Å². The molecule has 0 saturated carbocycles. The monoisotopic (exact) mass is 381 g/mol. The predicted molar refractivity (Wildman–Crippen MR) is 103 cm³/mol. The van der Waals surface area contributed by atoms with Crippen LogP contribution in [0.25, 0.3) is 0 Å². The number of carbonyl (C=O) groups excluding carboxylic acids is 2. The van der Waals surface area contributed by atoms with Gasteiger partial charge < -0.3 is 21.5 Å². The highest BCUT2D eigenvalue weighted by Crippen LogP contribution is 2.07. The van der Waals surface area contributed by atoms with Crippen LogP contribution in [0.1, 0.15) is 25.8 Å². The summed E-state index contributed by atoms with van der Waals surface area (Å²) in [6.45, 7) is 3.77. The molecule has 1 aromatic carbocycles. The lowest BCUT2D eigenvalue weighted by Crippen LogP contribution is -2.56. The van der Waals surface area contributed by atoms with Crippen molar-refractivity contribution in [1.29, 1.82) is 0 Å². The highest BCUT2D eigenvalue weighted by atomic mass is 32.1. The molecule has 0 aliphatic carbocycles. The molecule has 0 fully saturated rings. The second-order valence-electron chi connectivity index (χ2n) is 6.24. The highest BCUT2D eigenvalue weighted by Gasteiger charge is 2.28. The fourth-order valence-electron chi connectivity index (χ4n) is 2.30. The maximum absolute atomic E-state index is 12.4. The lowest BCUT2D eigenvalue weighted by atomic mass is 9.99. The Hall–Kier alpha value is -2.06. The Morgan fingerprint density at radius 3 is 2.19 bits per heavy atom. The van der Waals surface area contributed by atoms with Crippen LogP contribution in [-0.4, -0.2) is 46.8 Å². The minimum Gasteiger partial charge on any atom is -0.480 e. The predicted octanol–water partition coefficient (Wildman–Crippen LogP) is 0.587. The minimum atomic E-state index is -1.15. The molecule has 144 valence electrons. The van der Waals surface area contributed by atoms with Crippen LogP contribution in [0.15, 0.2) is 30.3 Å². The number of thiol groups is 1. The summed E-state index contributed by atoms with van der Waals surface area (Å²) >= 11 is 4.08. The lowest BCUT2D eigenvalue weighted by molar-refractivity contribution is -0.142. The van der Waals surface area contributed by atoms with Crippen molar-refractivity contribution in [3.8, 4) is 0 Å². The van der Waals surface area contributed by atoms with E-state index in [1.54, 1.807) is 24.3 Å². The number of nitrogens with two attached hydrogens (primary N) is 1. The van der Waals surface area contributed by atoms with Crippen LogP contribution < -0.4 is 16.4 Å². The van der Waals surface area contributed by atoms with Gasteiger partial charge in [0, 0.05) is 12.2 Å². The molecule has 0 bridgehead atoms. The molecule has 0 aliphatic rings. The van der Waals surface area contributed by atoms with Gasteiger partial charge in [-0.3, -0.25) is 9.59 Å². The zero-order valence-electron chi connectivity index (χ0n) is 15.0. The molecule has 1 aromatic rings. The smallest absolute Gasteiger partial charge is 0.326 e. The van der Waals surface area contributed by atoms with Crippen LogP contribution in [0, 0.1) is 5.92 Å². The first-order valence-electron chi connectivity index (χ1n) is 8.54. The molecule has 0 spiro atoms. The quantitative estimate of drug-likeness (QED) is 0.380. The van der Waals surface area contributed by atoms with Crippen molar-refractivity contribution >= 4 is 30.4 Å². The summed E-state index contributed by atoms with van der Waals surface area (Å²) in [6, 6.07) is 6.17. The summed E-state index contributed by atoms with van der Waals surface area (Å²) in [6.07, 6.45) is 0.867. The Balaban J connectivity index is 2.73. The first-order chi connectivity index (χ1) is 12.3. The highest BCUT2D eigenvalue weighted by molar-refractivity contribution is 7.80. The van der Waals surface area contributed by atoms with E-state index in [0.717, 1.165) is 12.0 Å². The molecule has 0 aliphatic heterocycles. The van der Waals surface area contributed by atoms with Crippen LogP contribution >= 0.6 is 12.6 Å². The van der Waals surface area contributed by atoms with E-state index in [0.29, 0.717) is 0 Å². The van der Waals surface area contributed by atoms with Gasteiger partial charge in [0.2, 0.25) is 11.8 Å². The summed E-state index contributed by atoms with van der Waals surface area (Å²) in [5, 5.41) is 14.4. The van der Waals surface area contributed by atoms with E-state index in [4.69, 9.17) is 5.73 Å². The molecule has 0 saturated heterocycles. The average molecular weight is 381 g/mol. The van der Waals surface area contributed by atoms with Crippen molar-refractivity contribution in [2.45, 2.75) is 44.8 Å². The molecular weight excluding hydrogens is 354 g/mol. The third-order valence-electron chi connectivity index (χ3n) is 4.27. The van der Waals surface area contributed by atoms with Gasteiger partial charge in [-0.1, -0.05) is 50.6 Å². The molecule has 5 N–H and O–H groups in total. The van der Waals surface area contributed by atoms with Gasteiger partial charge in [0.15, 0.2) is 0 Å². The number of aliphatic carboxylic acids is 1. The van der Waals surface area contributed by atoms with Gasteiger partial charge >= 0.3 is 5.97 Å². The maximum atomic E-state index is 12.4. The number of hydrogen-bond acceptors (Lipinski definition) is 5. The number of amides is 2. The topological polar surface area (TPSA) is 122 Å². The van der Waals surface area contributed by atoms with E-state index >= 15 is 0 Å². The summed E-state index contributed by atoms with van der Waals surface area (Å²) in [4.78, 5) is 36.0. The Kier molecular flexibility index (Phi) is 9.15. The van der Waals surface area contributed by atoms with E-state index < -0.39 is 35.9 Å². The summed E-state index contributed by atoms with van der Waals surface area (Å²) in [7, 11) is 0. The molecular formula is C18H27N3O4S. The molecule has 0 radical (unpaired) electrons. The Morgan fingerprint density at radius 1 is 1.12 bits per heavy atom. The first kappa shape index (κ1) is 22.0. The maximum Gasteiger partial charge on any atom is 0.326 e. The van der Waals surface area contributed by atoms with Crippen molar-refractivity contribution in [3.63, 3.8) is 0 Å². The van der Waals surface area contributed by atoms with E-state index in [-0.39, 0.29) is 18.1 Å². The van der Waals surface area contributed by atoms with Crippen LogP contribution in [0.4, 0.5) is 0 Å². The van der Waals surface area contributed by atoms with Crippen molar-refractivity contribution < 1.29 is 19.5 Å². The minimum absolute atomic E-state index is 0.0302.